The van der Waals surface area contributed by atoms with E-state index >= 15 is 0 Å². The molecule has 0 radical (unpaired) electrons. The van der Waals surface area contributed by atoms with Gasteiger partial charge in [-0.2, -0.15) is 5.10 Å². The molecule has 1 aliphatic heterocycles. The number of nitrogens with zero attached hydrogens (tertiary/aromatic N) is 5. The summed E-state index contributed by atoms with van der Waals surface area (Å²) in [6.07, 6.45) is 7.74. The summed E-state index contributed by atoms with van der Waals surface area (Å²) in [5.74, 6) is 0. The number of fused-ring (bicyclic) bond motifs is 1. The molecule has 3 aromatic heterocycles. The van der Waals surface area contributed by atoms with Crippen molar-refractivity contribution in [3.63, 3.8) is 0 Å². The summed E-state index contributed by atoms with van der Waals surface area (Å²) in [7, 11) is 3.99. The smallest absolute Gasteiger partial charge is 0.129 e. The van der Waals surface area contributed by atoms with Gasteiger partial charge in [-0.1, -0.05) is 11.6 Å². The second-order valence-electron chi connectivity index (χ2n) is 5.87. The van der Waals surface area contributed by atoms with E-state index in [1.165, 1.54) is 0 Å². The summed E-state index contributed by atoms with van der Waals surface area (Å²) in [6, 6.07) is 7.77. The molecule has 0 aliphatic carbocycles. The lowest BCUT2D eigenvalue weighted by Gasteiger charge is -2.27. The van der Waals surface area contributed by atoms with E-state index in [1.54, 1.807) is 6.20 Å². The Morgan fingerprint density at radius 1 is 1.17 bits per heavy atom. The van der Waals surface area contributed by atoms with Gasteiger partial charge in [0.05, 0.1) is 11.4 Å². The lowest BCUT2D eigenvalue weighted by Crippen LogP contribution is -2.24. The minimum atomic E-state index is 0.498. The van der Waals surface area contributed by atoms with Crippen molar-refractivity contribution < 1.29 is 0 Å². The van der Waals surface area contributed by atoms with Crippen LogP contribution in [0, 0.1) is 0 Å². The third kappa shape index (κ3) is 2.57. The number of halogens is 1. The molecule has 0 spiro atoms. The number of aryl methyl sites for hydroxylation is 1. The zero-order valence-corrected chi connectivity index (χ0v) is 14.2. The Labute approximate surface area is 145 Å². The molecule has 4 heterocycles. The molecule has 4 rings (SSSR count). The maximum atomic E-state index is 6.07. The summed E-state index contributed by atoms with van der Waals surface area (Å²) in [4.78, 5) is 10.8. The van der Waals surface area contributed by atoms with Crippen LogP contribution in [0.2, 0.25) is 5.15 Å². The first-order valence-corrected chi connectivity index (χ1v) is 8.02. The van der Waals surface area contributed by atoms with Crippen molar-refractivity contribution in [2.24, 2.45) is 7.05 Å². The average Bonchev–Trinajstić information content (AvgIpc) is 2.97. The average molecular weight is 338 g/mol. The van der Waals surface area contributed by atoms with Crippen LogP contribution in [-0.2, 0) is 7.05 Å². The fourth-order valence-corrected chi connectivity index (χ4v) is 3.18. The maximum Gasteiger partial charge on any atom is 0.129 e. The second kappa shape index (κ2) is 5.76. The van der Waals surface area contributed by atoms with Crippen molar-refractivity contribution >= 4 is 28.9 Å². The topological polar surface area (TPSA) is 46.8 Å². The van der Waals surface area contributed by atoms with E-state index in [0.29, 0.717) is 5.15 Å². The molecule has 0 N–H and O–H groups in total. The molecule has 120 valence electrons. The summed E-state index contributed by atoms with van der Waals surface area (Å²) < 4.78 is 1.83. The van der Waals surface area contributed by atoms with Gasteiger partial charge in [0, 0.05) is 50.4 Å². The number of hydrogen-bond acceptors (Lipinski definition) is 4. The van der Waals surface area contributed by atoms with Gasteiger partial charge in [0.1, 0.15) is 10.8 Å². The van der Waals surface area contributed by atoms with E-state index in [1.807, 2.05) is 48.4 Å². The Kier molecular flexibility index (Phi) is 3.58. The van der Waals surface area contributed by atoms with Crippen LogP contribution in [0.25, 0.3) is 22.9 Å². The molecule has 0 fully saturated rings. The molecule has 0 unspecified atom stereocenters. The van der Waals surface area contributed by atoms with Gasteiger partial charge >= 0.3 is 0 Å². The van der Waals surface area contributed by atoms with Crippen molar-refractivity contribution in [2.75, 3.05) is 18.5 Å². The molecule has 0 amide bonds. The highest BCUT2D eigenvalue weighted by molar-refractivity contribution is 6.29. The number of pyridine rings is 2. The quantitative estimate of drug-likeness (QED) is 0.671. The molecule has 24 heavy (non-hydrogen) atoms. The van der Waals surface area contributed by atoms with Crippen molar-refractivity contribution in [2.45, 2.75) is 0 Å². The fourth-order valence-electron chi connectivity index (χ4n) is 3.03. The Bertz CT molecular complexity index is 930. The molecule has 6 heteroatoms. The van der Waals surface area contributed by atoms with E-state index in [9.17, 15) is 0 Å². The van der Waals surface area contributed by atoms with Gasteiger partial charge in [-0.3, -0.25) is 9.67 Å². The van der Waals surface area contributed by atoms with Crippen molar-refractivity contribution in [3.8, 4) is 11.3 Å². The molecular formula is C18H16ClN5. The third-order valence-corrected chi connectivity index (χ3v) is 4.32. The van der Waals surface area contributed by atoms with E-state index < -0.39 is 0 Å². The largest absolute Gasteiger partial charge is 0.368 e. The molecule has 0 atom stereocenters. The molecule has 0 saturated heterocycles. The van der Waals surface area contributed by atoms with Crippen LogP contribution in [0.4, 0.5) is 5.69 Å². The highest BCUT2D eigenvalue weighted by Crippen LogP contribution is 2.35. The van der Waals surface area contributed by atoms with E-state index in [4.69, 9.17) is 11.6 Å². The van der Waals surface area contributed by atoms with E-state index in [0.717, 1.165) is 40.3 Å². The van der Waals surface area contributed by atoms with Crippen LogP contribution >= 0.6 is 11.6 Å². The molecule has 3 aromatic rings. The lowest BCUT2D eigenvalue weighted by molar-refractivity contribution is 0.770. The monoisotopic (exact) mass is 337 g/mol. The molecule has 0 bridgehead atoms. The Hall–Kier alpha value is -2.66. The highest BCUT2D eigenvalue weighted by atomic mass is 35.5. The van der Waals surface area contributed by atoms with Gasteiger partial charge in [-0.15, -0.1) is 0 Å². The normalized spacial score (nSPS) is 13.6. The third-order valence-electron chi connectivity index (χ3n) is 4.11. The van der Waals surface area contributed by atoms with Crippen LogP contribution in [0.1, 0.15) is 11.3 Å². The Morgan fingerprint density at radius 2 is 2.04 bits per heavy atom. The van der Waals surface area contributed by atoms with Gasteiger partial charge in [-0.25, -0.2) is 4.98 Å². The first-order chi connectivity index (χ1) is 11.6. The standard InChI is InChI=1S/C18H16ClN5/c1-23-10-13(8-15-16(23)5-6-17(19)21-15)14-11-24(2)22-18(14)12-4-3-7-20-9-12/h3-9,11H,10H2,1-2H3. The SMILES string of the molecule is CN1CC(c2cn(C)nc2-c2cccnc2)=Cc2nc(Cl)ccc21. The van der Waals surface area contributed by atoms with Crippen LogP contribution in [0.15, 0.2) is 42.9 Å². The summed E-state index contributed by atoms with van der Waals surface area (Å²) in [5, 5.41) is 5.12. The van der Waals surface area contributed by atoms with Crippen LogP contribution in [0.5, 0.6) is 0 Å². The molecular weight excluding hydrogens is 322 g/mol. The molecule has 5 nitrogen and oxygen atoms in total. The van der Waals surface area contributed by atoms with E-state index in [2.05, 4.69) is 33.1 Å². The van der Waals surface area contributed by atoms with Crippen molar-refractivity contribution in [1.29, 1.82) is 0 Å². The van der Waals surface area contributed by atoms with Gasteiger partial charge in [0.15, 0.2) is 0 Å². The number of anilines is 1. The number of rotatable bonds is 2. The van der Waals surface area contributed by atoms with Crippen LogP contribution < -0.4 is 4.90 Å². The van der Waals surface area contributed by atoms with Gasteiger partial charge in [0.2, 0.25) is 0 Å². The Morgan fingerprint density at radius 3 is 2.83 bits per heavy atom. The predicted octanol–water partition coefficient (Wildman–Crippen LogP) is 3.52. The minimum Gasteiger partial charge on any atom is -0.368 e. The zero-order chi connectivity index (χ0) is 16.7. The van der Waals surface area contributed by atoms with Crippen molar-refractivity contribution in [3.05, 3.63) is 59.3 Å². The highest BCUT2D eigenvalue weighted by Gasteiger charge is 2.21. The molecule has 1 aliphatic rings. The zero-order valence-electron chi connectivity index (χ0n) is 13.4. The maximum absolute atomic E-state index is 6.07. The lowest BCUT2D eigenvalue weighted by atomic mass is 9.98. The predicted molar refractivity (Wildman–Crippen MR) is 96.8 cm³/mol. The number of likely N-dealkylation sites (N-methyl/N-ethyl adjacent to an activating group) is 1. The molecule has 0 saturated carbocycles. The summed E-state index contributed by atoms with van der Waals surface area (Å²) in [5.41, 5.74) is 6.14. The number of hydrogen-bond donors (Lipinski definition) is 0. The van der Waals surface area contributed by atoms with Gasteiger partial charge in [0.25, 0.3) is 0 Å². The molecule has 0 aromatic carbocycles. The van der Waals surface area contributed by atoms with Crippen LogP contribution in [0.3, 0.4) is 0 Å². The van der Waals surface area contributed by atoms with Gasteiger partial charge < -0.3 is 4.90 Å². The number of aromatic nitrogens is 4. The first kappa shape index (κ1) is 14.9. The minimum absolute atomic E-state index is 0.498. The van der Waals surface area contributed by atoms with Gasteiger partial charge in [-0.05, 0) is 35.9 Å². The van der Waals surface area contributed by atoms with Crippen LogP contribution in [-0.4, -0.2) is 33.3 Å². The summed E-state index contributed by atoms with van der Waals surface area (Å²) >= 11 is 6.07. The van der Waals surface area contributed by atoms with E-state index in [-0.39, 0.29) is 0 Å². The first-order valence-electron chi connectivity index (χ1n) is 7.64. The second-order valence-corrected chi connectivity index (χ2v) is 6.26. The Balaban J connectivity index is 1.86. The fraction of sp³-hybridized carbons (Fsp3) is 0.167. The van der Waals surface area contributed by atoms with Crippen molar-refractivity contribution in [1.82, 2.24) is 19.7 Å². The summed E-state index contributed by atoms with van der Waals surface area (Å²) in [6.45, 7) is 0.787.